The first kappa shape index (κ1) is 29.8. The molecule has 4 aromatic carbocycles. The normalized spacial score (nSPS) is 11.8. The Morgan fingerprint density at radius 3 is 2.24 bits per heavy atom. The van der Waals surface area contributed by atoms with Gasteiger partial charge >= 0.3 is 5.69 Å². The van der Waals surface area contributed by atoms with Crippen molar-refractivity contribution in [3.8, 4) is 28.1 Å². The zero-order valence-electron chi connectivity index (χ0n) is 24.3. The second-order valence-electron chi connectivity index (χ2n) is 10.6. The van der Waals surface area contributed by atoms with Crippen molar-refractivity contribution in [2.45, 2.75) is 6.92 Å². The molecule has 6 rings (SSSR count). The molecule has 1 amide bonds. The van der Waals surface area contributed by atoms with Crippen LogP contribution < -0.4 is 15.3 Å². The standard InChI is InChI=1S/C32H25F3N4O5S/c1-16-5-7-17(8-6-16)30-28(31(40)36-2)23-14-22(25(15-27(23)44-30)38(3)45(4,42)43)18-9-24(35)29-26(10-18)39(32(41)37-29)21-12-19(33)11-20(34)13-21/h5-15H,1-4H3,(H,36,40)(H,37,41). The number of furan rings is 1. The molecule has 0 aliphatic carbocycles. The fourth-order valence-electron chi connectivity index (χ4n) is 5.31. The molecule has 6 aromatic rings. The number of H-pyrrole nitrogens is 1. The molecular weight excluding hydrogens is 609 g/mol. The number of aromatic amines is 1. The van der Waals surface area contributed by atoms with Crippen molar-refractivity contribution in [3.05, 3.63) is 106 Å². The number of nitrogens with zero attached hydrogens (tertiary/aromatic N) is 2. The summed E-state index contributed by atoms with van der Waals surface area (Å²) in [6.45, 7) is 1.91. The number of nitrogens with one attached hydrogen (secondary N) is 2. The molecular formula is C32H25F3N4O5S. The first-order valence-corrected chi connectivity index (χ1v) is 15.4. The molecule has 0 spiro atoms. The van der Waals surface area contributed by atoms with E-state index in [4.69, 9.17) is 4.42 Å². The van der Waals surface area contributed by atoms with Crippen molar-refractivity contribution in [1.29, 1.82) is 0 Å². The van der Waals surface area contributed by atoms with Gasteiger partial charge in [-0.15, -0.1) is 0 Å². The van der Waals surface area contributed by atoms with E-state index in [1.807, 2.05) is 19.1 Å². The molecule has 0 atom stereocenters. The second kappa shape index (κ2) is 10.7. The van der Waals surface area contributed by atoms with Crippen molar-refractivity contribution in [2.24, 2.45) is 0 Å². The fraction of sp³-hybridized carbons (Fsp3) is 0.125. The maximum atomic E-state index is 15.7. The van der Waals surface area contributed by atoms with E-state index >= 15 is 4.39 Å². The number of carbonyl (C=O) groups is 1. The molecule has 45 heavy (non-hydrogen) atoms. The lowest BCUT2D eigenvalue weighted by molar-refractivity contribution is 0.0964. The Kier molecular flexibility index (Phi) is 7.08. The van der Waals surface area contributed by atoms with Gasteiger partial charge in [-0.05, 0) is 42.8 Å². The monoisotopic (exact) mass is 634 g/mol. The van der Waals surface area contributed by atoms with Crippen molar-refractivity contribution in [3.63, 3.8) is 0 Å². The highest BCUT2D eigenvalue weighted by molar-refractivity contribution is 7.92. The number of halogens is 3. The Hall–Kier alpha value is -5.30. The van der Waals surface area contributed by atoms with Crippen LogP contribution in [0.1, 0.15) is 15.9 Å². The van der Waals surface area contributed by atoms with Crippen LogP contribution in [0, 0.1) is 24.4 Å². The van der Waals surface area contributed by atoms with Gasteiger partial charge < -0.3 is 14.7 Å². The Balaban J connectivity index is 1.69. The molecule has 0 radical (unpaired) electrons. The zero-order valence-corrected chi connectivity index (χ0v) is 25.1. The number of carbonyl (C=O) groups excluding carboxylic acids is 1. The van der Waals surface area contributed by atoms with Crippen LogP contribution in [-0.2, 0) is 10.0 Å². The largest absolute Gasteiger partial charge is 0.455 e. The molecule has 2 aromatic heterocycles. The molecule has 230 valence electrons. The number of hydrogen-bond acceptors (Lipinski definition) is 5. The molecule has 0 aliphatic rings. The molecule has 2 heterocycles. The van der Waals surface area contributed by atoms with E-state index < -0.39 is 39.1 Å². The van der Waals surface area contributed by atoms with Gasteiger partial charge in [0.05, 0.1) is 28.7 Å². The average Bonchev–Trinajstić information content (AvgIpc) is 3.52. The topological polar surface area (TPSA) is 117 Å². The van der Waals surface area contributed by atoms with Crippen molar-refractivity contribution >= 4 is 43.6 Å². The van der Waals surface area contributed by atoms with Crippen LogP contribution in [0.5, 0.6) is 0 Å². The maximum Gasteiger partial charge on any atom is 0.331 e. The quantitative estimate of drug-likeness (QED) is 0.237. The van der Waals surface area contributed by atoms with Crippen LogP contribution >= 0.6 is 0 Å². The van der Waals surface area contributed by atoms with Crippen LogP contribution in [0.2, 0.25) is 0 Å². The number of benzene rings is 4. The summed E-state index contributed by atoms with van der Waals surface area (Å²) >= 11 is 0. The minimum absolute atomic E-state index is 0.0629. The summed E-state index contributed by atoms with van der Waals surface area (Å²) in [4.78, 5) is 28.5. The van der Waals surface area contributed by atoms with E-state index in [1.165, 1.54) is 32.3 Å². The van der Waals surface area contributed by atoms with Crippen LogP contribution in [-0.4, -0.2) is 44.2 Å². The number of anilines is 1. The summed E-state index contributed by atoms with van der Waals surface area (Å²) < 4.78 is 77.4. The fourth-order valence-corrected chi connectivity index (χ4v) is 5.81. The Morgan fingerprint density at radius 1 is 0.956 bits per heavy atom. The van der Waals surface area contributed by atoms with Crippen LogP contribution in [0.3, 0.4) is 0 Å². The van der Waals surface area contributed by atoms with E-state index in [2.05, 4.69) is 10.3 Å². The van der Waals surface area contributed by atoms with Gasteiger partial charge in [-0.3, -0.25) is 13.7 Å². The molecule has 13 heteroatoms. The summed E-state index contributed by atoms with van der Waals surface area (Å²) in [5.41, 5.74) is 0.960. The summed E-state index contributed by atoms with van der Waals surface area (Å²) in [6, 6.07) is 15.2. The Bertz CT molecular complexity index is 2320. The number of sulfonamides is 1. The number of aromatic nitrogens is 2. The minimum atomic E-state index is -3.87. The van der Waals surface area contributed by atoms with Crippen molar-refractivity contribution < 1.29 is 30.8 Å². The molecule has 0 aliphatic heterocycles. The maximum absolute atomic E-state index is 15.7. The molecule has 0 saturated carbocycles. The first-order valence-electron chi connectivity index (χ1n) is 13.5. The van der Waals surface area contributed by atoms with Crippen LogP contribution in [0.4, 0.5) is 18.9 Å². The van der Waals surface area contributed by atoms with Gasteiger partial charge in [-0.1, -0.05) is 29.8 Å². The first-order chi connectivity index (χ1) is 21.3. The number of imidazole rings is 1. The highest BCUT2D eigenvalue weighted by Crippen LogP contribution is 2.42. The third-order valence-electron chi connectivity index (χ3n) is 7.57. The van der Waals surface area contributed by atoms with Crippen molar-refractivity contribution in [1.82, 2.24) is 14.9 Å². The third kappa shape index (κ3) is 5.14. The lowest BCUT2D eigenvalue weighted by Crippen LogP contribution is -2.25. The molecule has 0 bridgehead atoms. The predicted octanol–water partition coefficient (Wildman–Crippen LogP) is 5.88. The summed E-state index contributed by atoms with van der Waals surface area (Å²) in [6.07, 6.45) is 0.989. The van der Waals surface area contributed by atoms with Gasteiger partial charge in [-0.2, -0.15) is 0 Å². The smallest absolute Gasteiger partial charge is 0.331 e. The van der Waals surface area contributed by atoms with Crippen LogP contribution in [0.25, 0.3) is 50.1 Å². The highest BCUT2D eigenvalue weighted by atomic mass is 32.2. The van der Waals surface area contributed by atoms with E-state index in [9.17, 15) is 26.8 Å². The molecule has 2 N–H and O–H groups in total. The van der Waals surface area contributed by atoms with Gasteiger partial charge in [0, 0.05) is 42.7 Å². The van der Waals surface area contributed by atoms with E-state index in [0.29, 0.717) is 17.0 Å². The lowest BCUT2D eigenvalue weighted by Gasteiger charge is -2.21. The van der Waals surface area contributed by atoms with Crippen molar-refractivity contribution in [2.75, 3.05) is 24.7 Å². The van der Waals surface area contributed by atoms with E-state index in [-0.39, 0.29) is 50.4 Å². The molecule has 9 nitrogen and oxygen atoms in total. The molecule has 0 saturated heterocycles. The number of hydrogen-bond donors (Lipinski definition) is 2. The van der Waals surface area contributed by atoms with Gasteiger partial charge in [0.25, 0.3) is 5.91 Å². The molecule has 0 fully saturated rings. The van der Waals surface area contributed by atoms with E-state index in [1.54, 1.807) is 12.1 Å². The summed E-state index contributed by atoms with van der Waals surface area (Å²) in [5, 5.41) is 2.91. The van der Waals surface area contributed by atoms with Crippen LogP contribution in [0.15, 0.2) is 75.9 Å². The predicted molar refractivity (Wildman–Crippen MR) is 166 cm³/mol. The van der Waals surface area contributed by atoms with E-state index in [0.717, 1.165) is 38.9 Å². The number of aryl methyl sites for hydroxylation is 1. The number of rotatable bonds is 6. The minimum Gasteiger partial charge on any atom is -0.455 e. The number of amides is 1. The third-order valence-corrected chi connectivity index (χ3v) is 8.76. The van der Waals surface area contributed by atoms with Gasteiger partial charge in [0.1, 0.15) is 34.3 Å². The zero-order chi connectivity index (χ0) is 32.4. The molecule has 0 unspecified atom stereocenters. The summed E-state index contributed by atoms with van der Waals surface area (Å²) in [5.74, 6) is -3.02. The Morgan fingerprint density at radius 2 is 1.62 bits per heavy atom. The lowest BCUT2D eigenvalue weighted by atomic mass is 9.97. The SMILES string of the molecule is CNC(=O)c1c(-c2ccc(C)cc2)oc2cc(N(C)S(C)(=O)=O)c(-c3cc(F)c4[nH]c(=O)n(-c5cc(F)cc(F)c5)c4c3)cc12. The van der Waals surface area contributed by atoms with Gasteiger partial charge in [0.2, 0.25) is 10.0 Å². The highest BCUT2D eigenvalue weighted by Gasteiger charge is 2.27. The van der Waals surface area contributed by atoms with Gasteiger partial charge in [-0.25, -0.2) is 26.4 Å². The number of fused-ring (bicyclic) bond motifs is 2. The second-order valence-corrected chi connectivity index (χ2v) is 12.6. The Labute approximate surface area is 254 Å². The summed E-state index contributed by atoms with van der Waals surface area (Å²) in [7, 11) is -1.11. The average molecular weight is 635 g/mol. The van der Waals surface area contributed by atoms with Gasteiger partial charge in [0.15, 0.2) is 0 Å².